The van der Waals surface area contributed by atoms with Crippen molar-refractivity contribution in [2.45, 2.75) is 13.0 Å². The molecule has 0 aromatic heterocycles. The molecule has 1 aliphatic rings. The summed E-state index contributed by atoms with van der Waals surface area (Å²) in [5.74, 6) is 1.51. The summed E-state index contributed by atoms with van der Waals surface area (Å²) in [7, 11) is 0. The van der Waals surface area contributed by atoms with Crippen LogP contribution in [0, 0.1) is 5.92 Å². The number of nitrogens with zero attached hydrogens (tertiary/aromatic N) is 1. The minimum Gasteiger partial charge on any atom is -0.489 e. The van der Waals surface area contributed by atoms with Gasteiger partial charge in [0, 0.05) is 23.7 Å². The van der Waals surface area contributed by atoms with E-state index in [1.54, 1.807) is 6.08 Å². The van der Waals surface area contributed by atoms with Crippen LogP contribution in [-0.2, 0) is 6.54 Å². The first-order chi connectivity index (χ1) is 9.22. The number of hydrogen-bond acceptors (Lipinski definition) is 3. The Kier molecular flexibility index (Phi) is 5.25. The average molecular weight is 281 g/mol. The number of ether oxygens (including phenoxy) is 1. The quantitative estimate of drug-likeness (QED) is 0.814. The second-order valence-corrected chi connectivity index (χ2v) is 5.41. The normalized spacial score (nSPS) is 19.6. The highest BCUT2D eigenvalue weighted by Crippen LogP contribution is 2.26. The van der Waals surface area contributed by atoms with Crippen molar-refractivity contribution in [3.63, 3.8) is 0 Å². The molecule has 0 amide bonds. The molecule has 0 spiro atoms. The van der Waals surface area contributed by atoms with Crippen molar-refractivity contribution in [2.24, 2.45) is 11.7 Å². The summed E-state index contributed by atoms with van der Waals surface area (Å²) in [6.45, 7) is 7.97. The van der Waals surface area contributed by atoms with E-state index in [4.69, 9.17) is 22.1 Å². The van der Waals surface area contributed by atoms with Crippen molar-refractivity contribution in [3.8, 4) is 5.75 Å². The van der Waals surface area contributed by atoms with E-state index < -0.39 is 0 Å². The van der Waals surface area contributed by atoms with Gasteiger partial charge in [-0.3, -0.25) is 4.90 Å². The molecule has 1 aromatic carbocycles. The highest BCUT2D eigenvalue weighted by molar-refractivity contribution is 6.30. The molecule has 1 saturated heterocycles. The van der Waals surface area contributed by atoms with Crippen LogP contribution >= 0.6 is 11.6 Å². The molecular weight excluding hydrogens is 260 g/mol. The molecule has 1 aromatic rings. The van der Waals surface area contributed by atoms with Gasteiger partial charge in [0.05, 0.1) is 0 Å². The number of rotatable bonds is 6. The van der Waals surface area contributed by atoms with Gasteiger partial charge in [-0.25, -0.2) is 0 Å². The summed E-state index contributed by atoms with van der Waals surface area (Å²) < 4.78 is 5.68. The molecule has 0 unspecified atom stereocenters. The Morgan fingerprint density at radius 1 is 1.53 bits per heavy atom. The SMILES string of the molecule is C=CCOc1ccc(Cl)cc1CN1CC[C@H](CN)C1. The van der Waals surface area contributed by atoms with Gasteiger partial charge in [-0.05, 0) is 43.6 Å². The summed E-state index contributed by atoms with van der Waals surface area (Å²) in [5.41, 5.74) is 6.86. The summed E-state index contributed by atoms with van der Waals surface area (Å²) in [4.78, 5) is 2.41. The summed E-state index contributed by atoms with van der Waals surface area (Å²) in [5, 5.41) is 0.746. The highest BCUT2D eigenvalue weighted by Gasteiger charge is 2.22. The third kappa shape index (κ3) is 3.96. The van der Waals surface area contributed by atoms with Crippen molar-refractivity contribution < 1.29 is 4.74 Å². The van der Waals surface area contributed by atoms with Gasteiger partial charge in [0.25, 0.3) is 0 Å². The Morgan fingerprint density at radius 3 is 3.05 bits per heavy atom. The minimum absolute atomic E-state index is 0.514. The zero-order chi connectivity index (χ0) is 13.7. The van der Waals surface area contributed by atoms with Crippen LogP contribution in [0.3, 0.4) is 0 Å². The molecule has 19 heavy (non-hydrogen) atoms. The minimum atomic E-state index is 0.514. The van der Waals surface area contributed by atoms with Gasteiger partial charge in [0.2, 0.25) is 0 Å². The Hall–Kier alpha value is -1.03. The zero-order valence-corrected chi connectivity index (χ0v) is 11.9. The molecule has 0 radical (unpaired) electrons. The molecule has 2 rings (SSSR count). The van der Waals surface area contributed by atoms with E-state index in [2.05, 4.69) is 11.5 Å². The number of benzene rings is 1. The molecule has 1 atom stereocenters. The fourth-order valence-corrected chi connectivity index (χ4v) is 2.65. The topological polar surface area (TPSA) is 38.5 Å². The van der Waals surface area contributed by atoms with Gasteiger partial charge in [0.1, 0.15) is 12.4 Å². The van der Waals surface area contributed by atoms with E-state index >= 15 is 0 Å². The third-order valence-corrected chi connectivity index (χ3v) is 3.71. The molecular formula is C15H21ClN2O. The van der Waals surface area contributed by atoms with E-state index in [0.29, 0.717) is 12.5 Å². The second-order valence-electron chi connectivity index (χ2n) is 4.98. The van der Waals surface area contributed by atoms with Crippen molar-refractivity contribution >= 4 is 11.6 Å². The number of halogens is 1. The van der Waals surface area contributed by atoms with Gasteiger partial charge in [-0.1, -0.05) is 24.3 Å². The summed E-state index contributed by atoms with van der Waals surface area (Å²) in [6.07, 6.45) is 2.93. The lowest BCUT2D eigenvalue weighted by molar-refractivity contribution is 0.303. The smallest absolute Gasteiger partial charge is 0.124 e. The first-order valence-corrected chi connectivity index (χ1v) is 7.05. The van der Waals surface area contributed by atoms with Gasteiger partial charge in [0.15, 0.2) is 0 Å². The van der Waals surface area contributed by atoms with Crippen LogP contribution in [0.1, 0.15) is 12.0 Å². The maximum absolute atomic E-state index is 6.08. The predicted molar refractivity (Wildman–Crippen MR) is 79.6 cm³/mol. The van der Waals surface area contributed by atoms with Crippen LogP contribution in [0.2, 0.25) is 5.02 Å². The molecule has 2 N–H and O–H groups in total. The highest BCUT2D eigenvalue weighted by atomic mass is 35.5. The zero-order valence-electron chi connectivity index (χ0n) is 11.1. The number of likely N-dealkylation sites (tertiary alicyclic amines) is 1. The van der Waals surface area contributed by atoms with Crippen molar-refractivity contribution in [1.82, 2.24) is 4.90 Å². The lowest BCUT2D eigenvalue weighted by atomic mass is 10.1. The predicted octanol–water partition coefficient (Wildman–Crippen LogP) is 2.69. The molecule has 1 fully saturated rings. The van der Waals surface area contributed by atoms with Crippen LogP contribution in [0.25, 0.3) is 0 Å². The fourth-order valence-electron chi connectivity index (χ4n) is 2.45. The number of hydrogen-bond donors (Lipinski definition) is 1. The van der Waals surface area contributed by atoms with E-state index in [1.165, 1.54) is 6.42 Å². The summed E-state index contributed by atoms with van der Waals surface area (Å²) in [6, 6.07) is 5.77. The number of nitrogens with two attached hydrogens (primary N) is 1. The maximum Gasteiger partial charge on any atom is 0.124 e. The molecule has 1 aliphatic heterocycles. The largest absolute Gasteiger partial charge is 0.489 e. The Labute approximate surface area is 120 Å². The van der Waals surface area contributed by atoms with E-state index in [-0.39, 0.29) is 0 Å². The van der Waals surface area contributed by atoms with E-state index in [9.17, 15) is 0 Å². The first-order valence-electron chi connectivity index (χ1n) is 6.67. The van der Waals surface area contributed by atoms with E-state index in [1.807, 2.05) is 18.2 Å². The van der Waals surface area contributed by atoms with Gasteiger partial charge >= 0.3 is 0 Å². The maximum atomic E-state index is 6.08. The van der Waals surface area contributed by atoms with Gasteiger partial charge in [-0.2, -0.15) is 0 Å². The molecule has 3 nitrogen and oxygen atoms in total. The van der Waals surface area contributed by atoms with Crippen LogP contribution in [-0.4, -0.2) is 31.1 Å². The molecule has 0 aliphatic carbocycles. The third-order valence-electron chi connectivity index (χ3n) is 3.48. The second kappa shape index (κ2) is 6.94. The molecule has 0 saturated carbocycles. The first kappa shape index (κ1) is 14.4. The lowest BCUT2D eigenvalue weighted by Crippen LogP contribution is -2.23. The summed E-state index contributed by atoms with van der Waals surface area (Å²) >= 11 is 6.08. The molecule has 1 heterocycles. The van der Waals surface area contributed by atoms with Crippen LogP contribution in [0.5, 0.6) is 5.75 Å². The Morgan fingerprint density at radius 2 is 2.37 bits per heavy atom. The Balaban J connectivity index is 2.05. The van der Waals surface area contributed by atoms with E-state index in [0.717, 1.165) is 42.5 Å². The molecule has 4 heteroatoms. The standard InChI is InChI=1S/C15H21ClN2O/c1-2-7-19-15-4-3-14(16)8-13(15)11-18-6-5-12(9-17)10-18/h2-4,8,12H,1,5-7,9-11,17H2/t12-/m1/s1. The van der Waals surface area contributed by atoms with Crippen molar-refractivity contribution in [3.05, 3.63) is 41.4 Å². The van der Waals surface area contributed by atoms with Crippen LogP contribution in [0.4, 0.5) is 0 Å². The average Bonchev–Trinajstić information content (AvgIpc) is 2.85. The Bertz CT molecular complexity index is 436. The lowest BCUT2D eigenvalue weighted by Gasteiger charge is -2.18. The monoisotopic (exact) mass is 280 g/mol. The van der Waals surface area contributed by atoms with Crippen LogP contribution < -0.4 is 10.5 Å². The van der Waals surface area contributed by atoms with Gasteiger partial charge in [-0.15, -0.1) is 0 Å². The molecule has 104 valence electrons. The molecule has 0 bridgehead atoms. The van der Waals surface area contributed by atoms with Crippen molar-refractivity contribution in [1.29, 1.82) is 0 Å². The fraction of sp³-hybridized carbons (Fsp3) is 0.467. The van der Waals surface area contributed by atoms with Crippen molar-refractivity contribution in [2.75, 3.05) is 26.2 Å². The van der Waals surface area contributed by atoms with Gasteiger partial charge < -0.3 is 10.5 Å². The van der Waals surface area contributed by atoms with Crippen LogP contribution in [0.15, 0.2) is 30.9 Å².